The van der Waals surface area contributed by atoms with Gasteiger partial charge in [0.1, 0.15) is 10.8 Å². The van der Waals surface area contributed by atoms with Crippen LogP contribution in [0.4, 0.5) is 5.13 Å². The van der Waals surface area contributed by atoms with E-state index in [1.807, 2.05) is 42.6 Å². The fraction of sp³-hybridized carbons (Fsp3) is 0.200. The van der Waals surface area contributed by atoms with Crippen molar-refractivity contribution >= 4 is 51.4 Å². The van der Waals surface area contributed by atoms with E-state index in [0.717, 1.165) is 5.01 Å². The van der Waals surface area contributed by atoms with Crippen molar-refractivity contribution in [2.75, 3.05) is 18.2 Å². The Morgan fingerprint density at radius 1 is 1.12 bits per heavy atom. The maximum absolute atomic E-state index is 12.4. The van der Waals surface area contributed by atoms with E-state index < -0.39 is 0 Å². The molecule has 0 spiro atoms. The summed E-state index contributed by atoms with van der Waals surface area (Å²) in [7, 11) is 1.58. The molecule has 0 bridgehead atoms. The number of benzene rings is 1. The van der Waals surface area contributed by atoms with E-state index in [1.165, 1.54) is 34.4 Å². The molecule has 0 atom stereocenters. The van der Waals surface area contributed by atoms with E-state index in [0.29, 0.717) is 32.4 Å². The Balaban J connectivity index is 1.54. The lowest BCUT2D eigenvalue weighted by Gasteiger charge is -2.14. The molecule has 10 nitrogen and oxygen atoms in total. The van der Waals surface area contributed by atoms with Crippen LogP contribution >= 0.6 is 34.4 Å². The third kappa shape index (κ3) is 5.56. The Kier molecular flexibility index (Phi) is 7.32. The van der Waals surface area contributed by atoms with Gasteiger partial charge in [-0.2, -0.15) is 0 Å². The number of nitrogens with zero attached hydrogens (tertiary/aromatic N) is 5. The highest BCUT2D eigenvalue weighted by atomic mass is 32.2. The number of thioether (sulfide) groups is 1. The number of nitrogens with one attached hydrogen (secondary N) is 2. The van der Waals surface area contributed by atoms with Crippen molar-refractivity contribution in [1.29, 1.82) is 0 Å². The monoisotopic (exact) mass is 501 g/mol. The second-order valence-corrected chi connectivity index (χ2v) is 9.60. The number of methoxy groups -OCH3 is 1. The van der Waals surface area contributed by atoms with Crippen molar-refractivity contribution in [2.24, 2.45) is 0 Å². The molecule has 0 saturated carbocycles. The molecular formula is C20H19N7O3S3. The Labute approximate surface area is 201 Å². The van der Waals surface area contributed by atoms with Gasteiger partial charge in [-0.15, -0.1) is 31.7 Å². The highest BCUT2D eigenvalue weighted by Crippen LogP contribution is 2.29. The molecule has 3 heterocycles. The number of anilines is 1. The number of para-hydroxylation sites is 2. The molecule has 2 amide bonds. The molecule has 0 saturated heterocycles. The standard InChI is InChI=1S/C20H19N7O3S3/c1-12-23-25-19(33-12)22-17(28)11-32-20-26-24-16(10-21-18(29)15-8-5-9-31-15)27(20)13-6-3-4-7-14(13)30-2/h3-9H,10-11H2,1-2H3,(H,21,29)(H,22,25,28). The summed E-state index contributed by atoms with van der Waals surface area (Å²) < 4.78 is 7.28. The van der Waals surface area contributed by atoms with Crippen molar-refractivity contribution in [1.82, 2.24) is 30.3 Å². The summed E-state index contributed by atoms with van der Waals surface area (Å²) in [4.78, 5) is 25.4. The van der Waals surface area contributed by atoms with Crippen LogP contribution in [0.3, 0.4) is 0 Å². The van der Waals surface area contributed by atoms with Crippen molar-refractivity contribution < 1.29 is 14.3 Å². The van der Waals surface area contributed by atoms with Gasteiger partial charge in [-0.3, -0.25) is 19.5 Å². The first-order valence-electron chi connectivity index (χ1n) is 9.67. The van der Waals surface area contributed by atoms with Gasteiger partial charge in [0, 0.05) is 0 Å². The largest absolute Gasteiger partial charge is 0.495 e. The lowest BCUT2D eigenvalue weighted by molar-refractivity contribution is -0.113. The van der Waals surface area contributed by atoms with Crippen LogP contribution in [-0.4, -0.2) is 49.6 Å². The minimum Gasteiger partial charge on any atom is -0.495 e. The van der Waals surface area contributed by atoms with E-state index in [4.69, 9.17) is 4.74 Å². The third-order valence-electron chi connectivity index (χ3n) is 4.28. The van der Waals surface area contributed by atoms with E-state index in [-0.39, 0.29) is 24.1 Å². The first kappa shape index (κ1) is 22.9. The number of hydrogen-bond acceptors (Lipinski definition) is 10. The Hall–Kier alpha value is -3.29. The number of amides is 2. The summed E-state index contributed by atoms with van der Waals surface area (Å²) in [5, 5.41) is 25.4. The summed E-state index contributed by atoms with van der Waals surface area (Å²) in [6.07, 6.45) is 0. The van der Waals surface area contributed by atoms with Crippen molar-refractivity contribution in [3.8, 4) is 11.4 Å². The molecular weight excluding hydrogens is 482 g/mol. The number of hydrogen-bond donors (Lipinski definition) is 2. The topological polar surface area (TPSA) is 124 Å². The first-order chi connectivity index (χ1) is 16.0. The van der Waals surface area contributed by atoms with Crippen LogP contribution in [0.25, 0.3) is 5.69 Å². The van der Waals surface area contributed by atoms with Gasteiger partial charge >= 0.3 is 0 Å². The summed E-state index contributed by atoms with van der Waals surface area (Å²) in [5.74, 6) is 0.776. The maximum Gasteiger partial charge on any atom is 0.261 e. The smallest absolute Gasteiger partial charge is 0.261 e. The Bertz CT molecular complexity index is 1250. The number of carbonyl (C=O) groups excluding carboxylic acids is 2. The molecule has 4 rings (SSSR count). The quantitative estimate of drug-likeness (QED) is 0.335. The second-order valence-electron chi connectivity index (χ2n) is 6.53. The molecule has 3 aromatic heterocycles. The zero-order chi connectivity index (χ0) is 23.2. The van der Waals surface area contributed by atoms with Gasteiger partial charge in [0.25, 0.3) is 5.91 Å². The molecule has 0 aliphatic carbocycles. The zero-order valence-corrected chi connectivity index (χ0v) is 20.1. The SMILES string of the molecule is COc1ccccc1-n1c(CNC(=O)c2cccs2)nnc1SCC(=O)Nc1nnc(C)s1. The molecule has 170 valence electrons. The number of aromatic nitrogens is 5. The molecule has 0 radical (unpaired) electrons. The molecule has 33 heavy (non-hydrogen) atoms. The first-order valence-corrected chi connectivity index (χ1v) is 12.4. The molecule has 2 N–H and O–H groups in total. The van der Waals surface area contributed by atoms with Crippen LogP contribution in [0, 0.1) is 6.92 Å². The average molecular weight is 502 g/mol. The Morgan fingerprint density at radius 2 is 1.97 bits per heavy atom. The van der Waals surface area contributed by atoms with Gasteiger partial charge in [0.2, 0.25) is 11.0 Å². The lowest BCUT2D eigenvalue weighted by atomic mass is 10.3. The molecule has 13 heteroatoms. The molecule has 0 aliphatic rings. The summed E-state index contributed by atoms with van der Waals surface area (Å²) in [6, 6.07) is 11.0. The van der Waals surface area contributed by atoms with Gasteiger partial charge in [-0.1, -0.05) is 41.3 Å². The summed E-state index contributed by atoms with van der Waals surface area (Å²) in [5.41, 5.74) is 0.702. The van der Waals surface area contributed by atoms with Gasteiger partial charge in [-0.25, -0.2) is 0 Å². The predicted molar refractivity (Wildman–Crippen MR) is 127 cm³/mol. The number of carbonyl (C=O) groups is 2. The summed E-state index contributed by atoms with van der Waals surface area (Å²) >= 11 is 3.88. The van der Waals surface area contributed by atoms with Crippen molar-refractivity contribution in [2.45, 2.75) is 18.6 Å². The molecule has 0 fully saturated rings. The van der Waals surface area contributed by atoms with Crippen LogP contribution in [0.15, 0.2) is 46.9 Å². The number of thiophene rings is 1. The second kappa shape index (κ2) is 10.6. The third-order valence-corrected chi connectivity index (χ3v) is 6.83. The highest BCUT2D eigenvalue weighted by Gasteiger charge is 2.20. The number of aryl methyl sites for hydroxylation is 1. The van der Waals surface area contributed by atoms with Crippen LogP contribution in [0.1, 0.15) is 20.5 Å². The minimum absolute atomic E-state index is 0.0907. The molecule has 0 aliphatic heterocycles. The molecule has 1 aromatic carbocycles. The minimum atomic E-state index is -0.238. The molecule has 4 aromatic rings. The van der Waals surface area contributed by atoms with Gasteiger partial charge in [0.05, 0.1) is 30.0 Å². The van der Waals surface area contributed by atoms with E-state index in [9.17, 15) is 9.59 Å². The highest BCUT2D eigenvalue weighted by molar-refractivity contribution is 7.99. The summed E-state index contributed by atoms with van der Waals surface area (Å²) in [6.45, 7) is 1.97. The van der Waals surface area contributed by atoms with Crippen LogP contribution in [-0.2, 0) is 11.3 Å². The normalized spacial score (nSPS) is 10.7. The fourth-order valence-electron chi connectivity index (χ4n) is 2.85. The lowest BCUT2D eigenvalue weighted by Crippen LogP contribution is -2.24. The van der Waals surface area contributed by atoms with Gasteiger partial charge in [0.15, 0.2) is 11.0 Å². The zero-order valence-electron chi connectivity index (χ0n) is 17.6. The number of ether oxygens (including phenoxy) is 1. The maximum atomic E-state index is 12.4. The fourth-order valence-corrected chi connectivity index (χ4v) is 4.86. The van der Waals surface area contributed by atoms with Crippen molar-refractivity contribution in [3.63, 3.8) is 0 Å². The van der Waals surface area contributed by atoms with Crippen LogP contribution in [0.5, 0.6) is 5.75 Å². The van der Waals surface area contributed by atoms with E-state index in [2.05, 4.69) is 31.0 Å². The van der Waals surface area contributed by atoms with Gasteiger partial charge < -0.3 is 10.1 Å². The predicted octanol–water partition coefficient (Wildman–Crippen LogP) is 3.16. The van der Waals surface area contributed by atoms with E-state index >= 15 is 0 Å². The van der Waals surface area contributed by atoms with Crippen molar-refractivity contribution in [3.05, 3.63) is 57.5 Å². The van der Waals surface area contributed by atoms with Crippen LogP contribution in [0.2, 0.25) is 0 Å². The molecule has 0 unspecified atom stereocenters. The average Bonchev–Trinajstić information content (AvgIpc) is 3.57. The van der Waals surface area contributed by atoms with E-state index in [1.54, 1.807) is 17.7 Å². The van der Waals surface area contributed by atoms with Gasteiger partial charge in [-0.05, 0) is 30.5 Å². The van der Waals surface area contributed by atoms with Crippen LogP contribution < -0.4 is 15.4 Å². The number of rotatable bonds is 9. The Morgan fingerprint density at radius 3 is 2.70 bits per heavy atom.